The Balaban J connectivity index is 1.41. The number of carbonyl (C=O) groups excluding carboxylic acids is 2. The van der Waals surface area contributed by atoms with Crippen LogP contribution in [0.2, 0.25) is 0 Å². The summed E-state index contributed by atoms with van der Waals surface area (Å²) >= 11 is 1.38. The third kappa shape index (κ3) is 5.91. The minimum Gasteiger partial charge on any atom is -0.505 e. The SMILES string of the molecule is CCC(Nc1c(Nc2cccc(C(=O)N3CCN(C(=O)c4cccs4)CC3)c2O)c(=O)n(C)n(C)c1=O)c1ccccc1. The van der Waals surface area contributed by atoms with Crippen LogP contribution < -0.4 is 21.8 Å². The van der Waals surface area contributed by atoms with Crippen molar-refractivity contribution < 1.29 is 14.7 Å². The molecule has 43 heavy (non-hydrogen) atoms. The Bertz CT molecular complexity index is 1740. The molecule has 11 nitrogen and oxygen atoms in total. The molecule has 5 rings (SSSR count). The summed E-state index contributed by atoms with van der Waals surface area (Å²) in [5, 5.41) is 19.3. The number of aromatic nitrogens is 2. The average molecular weight is 603 g/mol. The van der Waals surface area contributed by atoms with Crippen molar-refractivity contribution in [2.45, 2.75) is 19.4 Å². The molecule has 1 fully saturated rings. The number of para-hydroxylation sites is 1. The van der Waals surface area contributed by atoms with Gasteiger partial charge in [-0.05, 0) is 35.6 Å². The Labute approximate surface area is 252 Å². The van der Waals surface area contributed by atoms with E-state index < -0.39 is 17.0 Å². The maximum absolute atomic E-state index is 13.5. The Morgan fingerprint density at radius 3 is 2.07 bits per heavy atom. The third-order valence-electron chi connectivity index (χ3n) is 7.76. The zero-order valence-electron chi connectivity index (χ0n) is 24.2. The zero-order valence-corrected chi connectivity index (χ0v) is 25.1. The molecule has 3 N–H and O–H groups in total. The highest BCUT2D eigenvalue weighted by Crippen LogP contribution is 2.33. The standard InChI is InChI=1S/C31H34N6O5S/c1-4-22(20-10-6-5-7-11-20)32-25-26(31(42)35(3)34(2)30(25)41)33-23-13-8-12-21(27(23)38)28(39)36-15-17-37(18-16-36)29(40)24-14-9-19-43-24/h5-14,19,22,32-33,38H,4,15-18H2,1-3H3. The summed E-state index contributed by atoms with van der Waals surface area (Å²) in [6.45, 7) is 3.35. The van der Waals surface area contributed by atoms with Gasteiger partial charge in [0, 0.05) is 40.3 Å². The molecule has 1 aliphatic rings. The van der Waals surface area contributed by atoms with Gasteiger partial charge in [-0.15, -0.1) is 11.3 Å². The molecule has 2 aromatic heterocycles. The van der Waals surface area contributed by atoms with E-state index in [9.17, 15) is 24.3 Å². The number of benzene rings is 2. The summed E-state index contributed by atoms with van der Waals surface area (Å²) in [5.41, 5.74) is 0.208. The van der Waals surface area contributed by atoms with Crippen molar-refractivity contribution in [3.05, 3.63) is 103 Å². The van der Waals surface area contributed by atoms with Gasteiger partial charge < -0.3 is 25.5 Å². The molecule has 2 aromatic carbocycles. The first kappa shape index (κ1) is 29.6. The van der Waals surface area contributed by atoms with Gasteiger partial charge in [0.2, 0.25) is 0 Å². The monoisotopic (exact) mass is 602 g/mol. The average Bonchev–Trinajstić information content (AvgIpc) is 3.58. The van der Waals surface area contributed by atoms with Crippen LogP contribution in [0.4, 0.5) is 17.1 Å². The van der Waals surface area contributed by atoms with Crippen molar-refractivity contribution in [2.75, 3.05) is 36.8 Å². The molecule has 1 aliphatic heterocycles. The van der Waals surface area contributed by atoms with Crippen molar-refractivity contribution in [2.24, 2.45) is 14.1 Å². The van der Waals surface area contributed by atoms with Gasteiger partial charge in [0.25, 0.3) is 22.9 Å². The first-order valence-corrected chi connectivity index (χ1v) is 14.9. The number of carbonyl (C=O) groups is 2. The number of phenolic OH excluding ortho intramolecular Hbond substituents is 1. The van der Waals surface area contributed by atoms with Crippen molar-refractivity contribution in [3.8, 4) is 5.75 Å². The van der Waals surface area contributed by atoms with E-state index in [1.54, 1.807) is 28.0 Å². The molecule has 224 valence electrons. The highest BCUT2D eigenvalue weighted by atomic mass is 32.1. The summed E-state index contributed by atoms with van der Waals surface area (Å²) in [5.74, 6) is -0.795. The fourth-order valence-electron chi connectivity index (χ4n) is 5.13. The van der Waals surface area contributed by atoms with Crippen LogP contribution in [0.5, 0.6) is 5.75 Å². The first-order chi connectivity index (χ1) is 20.7. The molecule has 0 spiro atoms. The molecule has 3 heterocycles. The van der Waals surface area contributed by atoms with Crippen LogP contribution in [-0.2, 0) is 14.1 Å². The Hall–Kier alpha value is -4.84. The van der Waals surface area contributed by atoms with Crippen LogP contribution in [0.25, 0.3) is 0 Å². The molecular formula is C31H34N6O5S. The molecule has 1 saturated heterocycles. The number of hydrogen-bond donors (Lipinski definition) is 3. The van der Waals surface area contributed by atoms with Gasteiger partial charge in [-0.25, -0.2) is 9.36 Å². The molecule has 2 amide bonds. The van der Waals surface area contributed by atoms with Gasteiger partial charge in [-0.2, -0.15) is 0 Å². The minimum atomic E-state index is -0.491. The smallest absolute Gasteiger partial charge is 0.290 e. The second-order valence-corrected chi connectivity index (χ2v) is 11.3. The van der Waals surface area contributed by atoms with E-state index in [0.717, 1.165) is 5.56 Å². The van der Waals surface area contributed by atoms with Crippen molar-refractivity contribution in [1.29, 1.82) is 0 Å². The van der Waals surface area contributed by atoms with Crippen molar-refractivity contribution in [1.82, 2.24) is 19.2 Å². The quantitative estimate of drug-likeness (QED) is 0.262. The van der Waals surface area contributed by atoms with Crippen LogP contribution in [0.15, 0.2) is 75.6 Å². The molecule has 0 saturated carbocycles. The lowest BCUT2D eigenvalue weighted by atomic mass is 10.0. The normalized spacial score (nSPS) is 13.9. The van der Waals surface area contributed by atoms with Gasteiger partial charge in [-0.1, -0.05) is 49.4 Å². The highest BCUT2D eigenvalue weighted by Gasteiger charge is 2.28. The van der Waals surface area contributed by atoms with Gasteiger partial charge in [-0.3, -0.25) is 19.2 Å². The van der Waals surface area contributed by atoms with E-state index in [2.05, 4.69) is 10.6 Å². The summed E-state index contributed by atoms with van der Waals surface area (Å²) in [6, 6.07) is 17.6. The van der Waals surface area contributed by atoms with Crippen LogP contribution in [0.3, 0.4) is 0 Å². The van der Waals surface area contributed by atoms with Crippen LogP contribution in [0, 0.1) is 0 Å². The number of nitrogens with zero attached hydrogens (tertiary/aromatic N) is 4. The van der Waals surface area contributed by atoms with Gasteiger partial charge >= 0.3 is 0 Å². The number of aromatic hydroxyl groups is 1. The van der Waals surface area contributed by atoms with E-state index in [0.29, 0.717) is 37.5 Å². The molecule has 1 unspecified atom stereocenters. The summed E-state index contributed by atoms with van der Waals surface area (Å²) in [7, 11) is 2.99. The first-order valence-electron chi connectivity index (χ1n) is 14.0. The van der Waals surface area contributed by atoms with Crippen LogP contribution in [0.1, 0.15) is 45.0 Å². The van der Waals surface area contributed by atoms with E-state index in [-0.39, 0.29) is 40.3 Å². The number of piperazine rings is 1. The summed E-state index contributed by atoms with van der Waals surface area (Å²) in [4.78, 5) is 57.0. The number of hydrogen-bond acceptors (Lipinski definition) is 8. The second kappa shape index (κ2) is 12.6. The van der Waals surface area contributed by atoms with Crippen LogP contribution >= 0.6 is 11.3 Å². The van der Waals surface area contributed by atoms with E-state index in [1.165, 1.54) is 40.9 Å². The van der Waals surface area contributed by atoms with E-state index in [1.807, 2.05) is 48.7 Å². The Morgan fingerprint density at radius 2 is 1.47 bits per heavy atom. The lowest BCUT2D eigenvalue weighted by molar-refractivity contribution is 0.0536. The lowest BCUT2D eigenvalue weighted by Gasteiger charge is -2.34. The number of phenols is 1. The third-order valence-corrected chi connectivity index (χ3v) is 8.61. The molecule has 0 radical (unpaired) electrons. The van der Waals surface area contributed by atoms with Gasteiger partial charge in [0.05, 0.1) is 22.2 Å². The predicted molar refractivity (Wildman–Crippen MR) is 168 cm³/mol. The number of rotatable bonds is 8. The van der Waals surface area contributed by atoms with Crippen molar-refractivity contribution in [3.63, 3.8) is 0 Å². The van der Waals surface area contributed by atoms with E-state index >= 15 is 0 Å². The summed E-state index contributed by atoms with van der Waals surface area (Å²) in [6.07, 6.45) is 0.642. The van der Waals surface area contributed by atoms with Gasteiger partial charge in [0.15, 0.2) is 5.75 Å². The van der Waals surface area contributed by atoms with Crippen LogP contribution in [-0.4, -0.2) is 62.3 Å². The van der Waals surface area contributed by atoms with Crippen molar-refractivity contribution >= 4 is 40.2 Å². The maximum atomic E-state index is 13.5. The zero-order chi connectivity index (χ0) is 30.7. The largest absolute Gasteiger partial charge is 0.505 e. The number of nitrogens with one attached hydrogen (secondary N) is 2. The topological polar surface area (TPSA) is 129 Å². The number of anilines is 3. The molecule has 1 atom stereocenters. The highest BCUT2D eigenvalue weighted by molar-refractivity contribution is 7.12. The Kier molecular flexibility index (Phi) is 8.67. The van der Waals surface area contributed by atoms with Gasteiger partial charge in [0.1, 0.15) is 11.4 Å². The fraction of sp³-hybridized carbons (Fsp3) is 0.290. The number of thiophene rings is 1. The van der Waals surface area contributed by atoms with E-state index in [4.69, 9.17) is 0 Å². The fourth-order valence-corrected chi connectivity index (χ4v) is 5.82. The molecule has 0 bridgehead atoms. The summed E-state index contributed by atoms with van der Waals surface area (Å²) < 4.78 is 2.40. The molecule has 12 heteroatoms. The lowest BCUT2D eigenvalue weighted by Crippen LogP contribution is -2.50. The Morgan fingerprint density at radius 1 is 0.837 bits per heavy atom. The molecule has 0 aliphatic carbocycles. The predicted octanol–water partition coefficient (Wildman–Crippen LogP) is 3.76. The minimum absolute atomic E-state index is 0.0411. The second-order valence-electron chi connectivity index (χ2n) is 10.3. The molecule has 4 aromatic rings. The molecular weight excluding hydrogens is 568 g/mol. The number of amides is 2. The maximum Gasteiger partial charge on any atom is 0.290 e.